The normalized spacial score (nSPS) is 13.6. The van der Waals surface area contributed by atoms with Gasteiger partial charge in [0.1, 0.15) is 5.82 Å². The smallest absolute Gasteiger partial charge is 0.252 e. The van der Waals surface area contributed by atoms with E-state index in [2.05, 4.69) is 5.32 Å². The van der Waals surface area contributed by atoms with E-state index in [9.17, 15) is 9.18 Å². The summed E-state index contributed by atoms with van der Waals surface area (Å²) in [5, 5.41) is 2.90. The summed E-state index contributed by atoms with van der Waals surface area (Å²) in [5.74, 6) is -0.411. The van der Waals surface area contributed by atoms with Gasteiger partial charge in [0.2, 0.25) is 0 Å². The first kappa shape index (κ1) is 14.5. The maximum Gasteiger partial charge on any atom is 0.252 e. The predicted octanol–water partition coefficient (Wildman–Crippen LogP) is 3.71. The molecule has 0 aliphatic carbocycles. The molecule has 1 amide bonds. The number of amides is 1. The highest BCUT2D eigenvalue weighted by atomic mass is 35.5. The molecule has 2 nitrogen and oxygen atoms in total. The molecule has 0 spiro atoms. The van der Waals surface area contributed by atoms with Crippen LogP contribution in [0.2, 0.25) is 0 Å². The number of halogens is 2. The van der Waals surface area contributed by atoms with Gasteiger partial charge in [0.25, 0.3) is 5.91 Å². The van der Waals surface area contributed by atoms with Crippen LogP contribution in [0.15, 0.2) is 54.6 Å². The van der Waals surface area contributed by atoms with Crippen LogP contribution in [0.1, 0.15) is 22.8 Å². The van der Waals surface area contributed by atoms with Crippen molar-refractivity contribution < 1.29 is 9.18 Å². The third-order valence-electron chi connectivity index (χ3n) is 3.17. The van der Waals surface area contributed by atoms with Crippen molar-refractivity contribution in [2.45, 2.75) is 12.5 Å². The van der Waals surface area contributed by atoms with Crippen molar-refractivity contribution in [2.75, 3.05) is 5.88 Å². The van der Waals surface area contributed by atoms with Crippen LogP contribution in [0.25, 0.3) is 0 Å². The molecule has 0 aromatic heterocycles. The maximum absolute atomic E-state index is 12.9. The van der Waals surface area contributed by atoms with Crippen molar-refractivity contribution in [2.24, 2.45) is 0 Å². The first-order valence-corrected chi connectivity index (χ1v) is 6.78. The minimum atomic E-state index is -0.672. The number of alkyl halides is 1. The third-order valence-corrected chi connectivity index (χ3v) is 3.71. The van der Waals surface area contributed by atoms with Crippen LogP contribution in [0.4, 0.5) is 4.39 Å². The lowest BCUT2D eigenvalue weighted by Crippen LogP contribution is -2.45. The zero-order chi connectivity index (χ0) is 14.6. The molecule has 0 aliphatic rings. The third kappa shape index (κ3) is 3.17. The van der Waals surface area contributed by atoms with Gasteiger partial charge < -0.3 is 5.32 Å². The minimum Gasteiger partial charge on any atom is -0.342 e. The van der Waals surface area contributed by atoms with Crippen LogP contribution in [0.3, 0.4) is 0 Å². The highest BCUT2D eigenvalue weighted by Gasteiger charge is 2.27. The summed E-state index contributed by atoms with van der Waals surface area (Å²) in [5.41, 5.74) is 0.651. The highest BCUT2D eigenvalue weighted by molar-refractivity contribution is 6.19. The first-order chi connectivity index (χ1) is 9.55. The summed E-state index contributed by atoms with van der Waals surface area (Å²) >= 11 is 6.03. The lowest BCUT2D eigenvalue weighted by molar-refractivity contribution is 0.0913. The van der Waals surface area contributed by atoms with E-state index in [1.807, 2.05) is 37.3 Å². The Hall–Kier alpha value is -1.87. The van der Waals surface area contributed by atoms with Crippen LogP contribution < -0.4 is 5.32 Å². The Morgan fingerprint density at radius 3 is 2.30 bits per heavy atom. The molecule has 1 unspecified atom stereocenters. The number of carbonyl (C=O) groups excluding carboxylic acids is 1. The molecule has 2 aromatic rings. The fourth-order valence-corrected chi connectivity index (χ4v) is 2.13. The predicted molar refractivity (Wildman–Crippen MR) is 78.4 cm³/mol. The molecule has 0 saturated carbocycles. The molecule has 0 radical (unpaired) electrons. The summed E-state index contributed by atoms with van der Waals surface area (Å²) in [7, 11) is 0. The van der Waals surface area contributed by atoms with Gasteiger partial charge in [-0.2, -0.15) is 0 Å². The second-order valence-corrected chi connectivity index (χ2v) is 5.06. The zero-order valence-electron chi connectivity index (χ0n) is 11.1. The lowest BCUT2D eigenvalue weighted by Gasteiger charge is -2.29. The summed E-state index contributed by atoms with van der Waals surface area (Å²) in [6.45, 7) is 1.86. The number of nitrogens with one attached hydrogen (secondary N) is 1. The molecule has 20 heavy (non-hydrogen) atoms. The zero-order valence-corrected chi connectivity index (χ0v) is 11.8. The molecule has 0 heterocycles. The molecule has 0 bridgehead atoms. The van der Waals surface area contributed by atoms with Gasteiger partial charge in [0.15, 0.2) is 0 Å². The van der Waals surface area contributed by atoms with Gasteiger partial charge >= 0.3 is 0 Å². The Morgan fingerprint density at radius 2 is 1.75 bits per heavy atom. The first-order valence-electron chi connectivity index (χ1n) is 6.25. The molecule has 0 aliphatic heterocycles. The quantitative estimate of drug-likeness (QED) is 0.855. The summed E-state index contributed by atoms with van der Waals surface area (Å²) in [6.07, 6.45) is 0. The van der Waals surface area contributed by atoms with Crippen molar-refractivity contribution in [1.82, 2.24) is 5.32 Å². The van der Waals surface area contributed by atoms with Crippen molar-refractivity contribution in [1.29, 1.82) is 0 Å². The number of hydrogen-bond acceptors (Lipinski definition) is 1. The molecule has 104 valence electrons. The van der Waals surface area contributed by atoms with Gasteiger partial charge in [0.05, 0.1) is 5.54 Å². The molecule has 2 rings (SSSR count). The molecular formula is C16H15ClFNO. The fraction of sp³-hybridized carbons (Fsp3) is 0.188. The maximum atomic E-state index is 12.9. The van der Waals surface area contributed by atoms with E-state index >= 15 is 0 Å². The topological polar surface area (TPSA) is 29.1 Å². The monoisotopic (exact) mass is 291 g/mol. The molecular weight excluding hydrogens is 277 g/mol. The van der Waals surface area contributed by atoms with Crippen molar-refractivity contribution in [3.63, 3.8) is 0 Å². The standard InChI is InChI=1S/C16H15ClFNO/c1-16(11-17,13-5-3-2-4-6-13)19-15(20)12-7-9-14(18)10-8-12/h2-10H,11H2,1H3,(H,19,20). The Bertz CT molecular complexity index is 585. The molecule has 0 saturated heterocycles. The van der Waals surface area contributed by atoms with Gasteiger partial charge in [-0.25, -0.2) is 4.39 Å². The summed E-state index contributed by atoms with van der Waals surface area (Å²) < 4.78 is 12.9. The Balaban J connectivity index is 2.22. The number of rotatable bonds is 4. The van der Waals surface area contributed by atoms with E-state index in [1.165, 1.54) is 24.3 Å². The van der Waals surface area contributed by atoms with E-state index in [0.29, 0.717) is 5.56 Å². The van der Waals surface area contributed by atoms with E-state index in [-0.39, 0.29) is 17.6 Å². The average molecular weight is 292 g/mol. The largest absolute Gasteiger partial charge is 0.342 e. The molecule has 4 heteroatoms. The van der Waals surface area contributed by atoms with E-state index in [1.54, 1.807) is 0 Å². The minimum absolute atomic E-state index is 0.240. The molecule has 1 N–H and O–H groups in total. The molecule has 1 atom stereocenters. The number of carbonyl (C=O) groups is 1. The lowest BCUT2D eigenvalue weighted by atomic mass is 9.93. The van der Waals surface area contributed by atoms with Crippen molar-refractivity contribution >= 4 is 17.5 Å². The Morgan fingerprint density at radius 1 is 1.15 bits per heavy atom. The van der Waals surface area contributed by atoms with Crippen LogP contribution in [0, 0.1) is 5.82 Å². The van der Waals surface area contributed by atoms with Crippen LogP contribution in [0.5, 0.6) is 0 Å². The Kier molecular flexibility index (Phi) is 4.40. The Labute approximate surface area is 122 Å². The van der Waals surface area contributed by atoms with Crippen LogP contribution >= 0.6 is 11.6 Å². The molecule has 2 aromatic carbocycles. The SMILES string of the molecule is CC(CCl)(NC(=O)c1ccc(F)cc1)c1ccccc1. The average Bonchev–Trinajstić information content (AvgIpc) is 2.48. The molecule has 0 fully saturated rings. The second-order valence-electron chi connectivity index (χ2n) is 4.79. The number of benzene rings is 2. The summed E-state index contributed by atoms with van der Waals surface area (Å²) in [4.78, 5) is 12.2. The van der Waals surface area contributed by atoms with E-state index in [4.69, 9.17) is 11.6 Å². The van der Waals surface area contributed by atoms with Gasteiger partial charge in [-0.15, -0.1) is 11.6 Å². The summed E-state index contributed by atoms with van der Waals surface area (Å²) in [6, 6.07) is 14.9. The highest BCUT2D eigenvalue weighted by Crippen LogP contribution is 2.22. The van der Waals surface area contributed by atoms with Gasteiger partial charge in [-0.1, -0.05) is 30.3 Å². The van der Waals surface area contributed by atoms with Crippen molar-refractivity contribution in [3.05, 3.63) is 71.5 Å². The van der Waals surface area contributed by atoms with E-state index < -0.39 is 5.54 Å². The van der Waals surface area contributed by atoms with Crippen molar-refractivity contribution in [3.8, 4) is 0 Å². The van der Waals surface area contributed by atoms with Gasteiger partial charge in [-0.3, -0.25) is 4.79 Å². The van der Waals surface area contributed by atoms with Gasteiger partial charge in [0, 0.05) is 11.4 Å². The van der Waals surface area contributed by atoms with Crippen LogP contribution in [-0.2, 0) is 5.54 Å². The van der Waals surface area contributed by atoms with Crippen LogP contribution in [-0.4, -0.2) is 11.8 Å². The van der Waals surface area contributed by atoms with Gasteiger partial charge in [-0.05, 0) is 36.8 Å². The second kappa shape index (κ2) is 6.06. The number of hydrogen-bond donors (Lipinski definition) is 1. The fourth-order valence-electron chi connectivity index (χ4n) is 1.91. The van der Waals surface area contributed by atoms with E-state index in [0.717, 1.165) is 5.56 Å².